The molecule has 17 heavy (non-hydrogen) atoms. The molecule has 0 atom stereocenters. The molecule has 0 amide bonds. The van der Waals surface area contributed by atoms with Crippen molar-refractivity contribution in [3.8, 4) is 17.0 Å². The Labute approximate surface area is 99.0 Å². The molecule has 0 saturated carbocycles. The van der Waals surface area contributed by atoms with Crippen molar-refractivity contribution in [1.29, 1.82) is 0 Å². The molecule has 1 aromatic carbocycles. The number of aromatic nitrogens is 1. The Balaban J connectivity index is 2.56. The topological polar surface area (TPSA) is 59.2 Å². The molecule has 90 valence electrons. The predicted molar refractivity (Wildman–Crippen MR) is 61.3 cm³/mol. The van der Waals surface area contributed by atoms with Gasteiger partial charge in [0, 0.05) is 11.8 Å². The van der Waals surface area contributed by atoms with E-state index in [4.69, 9.17) is 4.74 Å². The molecule has 0 aliphatic rings. The highest BCUT2D eigenvalue weighted by Gasteiger charge is 2.12. The van der Waals surface area contributed by atoms with Crippen molar-refractivity contribution < 1.29 is 17.5 Å². The molecule has 0 saturated heterocycles. The first-order valence-corrected chi connectivity index (χ1v) is 5.97. The Bertz CT molecular complexity index is 611. The van der Waals surface area contributed by atoms with Crippen LogP contribution in [-0.2, 0) is 10.7 Å². The zero-order chi connectivity index (χ0) is 12.4. The molecule has 0 aliphatic heterocycles. The first-order valence-electron chi connectivity index (χ1n) is 4.79. The fourth-order valence-corrected chi connectivity index (χ4v) is 1.98. The van der Waals surface area contributed by atoms with Gasteiger partial charge in [0.25, 0.3) is 0 Å². The average Bonchev–Trinajstić information content (AvgIpc) is 2.77. The van der Waals surface area contributed by atoms with Crippen LogP contribution in [0.25, 0.3) is 11.3 Å². The summed E-state index contributed by atoms with van der Waals surface area (Å²) in [5, 5.41) is 0. The summed E-state index contributed by atoms with van der Waals surface area (Å²) >= 11 is 0. The molecule has 0 spiro atoms. The summed E-state index contributed by atoms with van der Waals surface area (Å²) in [6, 6.07) is 5.89. The normalized spacial score (nSPS) is 10.8. The highest BCUT2D eigenvalue weighted by Crippen LogP contribution is 2.31. The fraction of sp³-hybridized carbons (Fsp3) is 0.0909. The predicted octanol–water partition coefficient (Wildman–Crippen LogP) is 1.80. The lowest BCUT2D eigenvalue weighted by molar-refractivity contribution is 0.388. The van der Waals surface area contributed by atoms with Crippen LogP contribution in [0.4, 0.5) is 4.39 Å². The number of para-hydroxylation sites is 1. The smallest absolute Gasteiger partial charge is 0.169 e. The fourth-order valence-electron chi connectivity index (χ4n) is 1.57. The van der Waals surface area contributed by atoms with Gasteiger partial charge in [0.1, 0.15) is 0 Å². The van der Waals surface area contributed by atoms with E-state index in [-0.39, 0.29) is 10.6 Å². The van der Waals surface area contributed by atoms with E-state index < -0.39 is 16.5 Å². The van der Waals surface area contributed by atoms with Crippen molar-refractivity contribution in [2.24, 2.45) is 0 Å². The molecule has 4 nitrogen and oxygen atoms in total. The minimum Gasteiger partial charge on any atom is -0.493 e. The first kappa shape index (κ1) is 11.7. The average molecular weight is 255 g/mol. The summed E-state index contributed by atoms with van der Waals surface area (Å²) in [6.07, 6.45) is 1.35. The Morgan fingerprint density at radius 3 is 2.71 bits per heavy atom. The number of hydrogen-bond donors (Lipinski definition) is 2. The second kappa shape index (κ2) is 4.58. The van der Waals surface area contributed by atoms with E-state index in [1.165, 1.54) is 31.5 Å². The lowest BCUT2D eigenvalue weighted by Gasteiger charge is -2.07. The van der Waals surface area contributed by atoms with Crippen LogP contribution in [0, 0.1) is 5.82 Å². The number of thiol groups is 1. The highest BCUT2D eigenvalue weighted by atomic mass is 32.2. The van der Waals surface area contributed by atoms with Crippen molar-refractivity contribution in [2.75, 3.05) is 7.11 Å². The zero-order valence-corrected chi connectivity index (χ0v) is 9.83. The van der Waals surface area contributed by atoms with Gasteiger partial charge in [0.05, 0.1) is 17.7 Å². The Kier molecular flexibility index (Phi) is 3.14. The molecule has 2 rings (SSSR count). The third-order valence-corrected chi connectivity index (χ3v) is 3.02. The van der Waals surface area contributed by atoms with Crippen LogP contribution in [0.5, 0.6) is 5.75 Å². The van der Waals surface area contributed by atoms with Gasteiger partial charge in [-0.1, -0.05) is 6.07 Å². The van der Waals surface area contributed by atoms with Gasteiger partial charge in [0.2, 0.25) is 0 Å². The molecule has 1 heterocycles. The number of rotatable bonds is 3. The van der Waals surface area contributed by atoms with Gasteiger partial charge in [0.15, 0.2) is 22.3 Å². The van der Waals surface area contributed by atoms with Crippen molar-refractivity contribution in [3.63, 3.8) is 0 Å². The molecular weight excluding hydrogens is 245 g/mol. The zero-order valence-electron chi connectivity index (χ0n) is 8.94. The lowest BCUT2D eigenvalue weighted by Crippen LogP contribution is -1.91. The van der Waals surface area contributed by atoms with Gasteiger partial charge < -0.3 is 9.72 Å². The van der Waals surface area contributed by atoms with E-state index in [0.717, 1.165) is 0 Å². The van der Waals surface area contributed by atoms with Crippen molar-refractivity contribution in [2.45, 2.75) is 4.90 Å². The van der Waals surface area contributed by atoms with E-state index in [9.17, 15) is 12.8 Å². The SMILES string of the molecule is COc1c(F)cccc1-c1cc([SH](=O)=O)c[nH]1. The molecule has 0 bridgehead atoms. The number of halogens is 1. The summed E-state index contributed by atoms with van der Waals surface area (Å²) in [5.74, 6) is -0.408. The molecule has 6 heteroatoms. The maximum Gasteiger partial charge on any atom is 0.169 e. The third-order valence-electron chi connectivity index (χ3n) is 2.34. The summed E-state index contributed by atoms with van der Waals surface area (Å²) in [7, 11) is -1.29. The second-order valence-electron chi connectivity index (χ2n) is 3.35. The Morgan fingerprint density at radius 1 is 1.35 bits per heavy atom. The van der Waals surface area contributed by atoms with Crippen molar-refractivity contribution in [3.05, 3.63) is 36.3 Å². The molecular formula is C11H10FNO3S. The number of hydrogen-bond acceptors (Lipinski definition) is 3. The van der Waals surface area contributed by atoms with Crippen molar-refractivity contribution >= 4 is 10.7 Å². The summed E-state index contributed by atoms with van der Waals surface area (Å²) < 4.78 is 40.0. The van der Waals surface area contributed by atoms with Crippen LogP contribution < -0.4 is 4.74 Å². The van der Waals surface area contributed by atoms with E-state index in [0.29, 0.717) is 11.3 Å². The molecule has 0 radical (unpaired) electrons. The van der Waals surface area contributed by atoms with Gasteiger partial charge in [-0.3, -0.25) is 0 Å². The quantitative estimate of drug-likeness (QED) is 0.822. The van der Waals surface area contributed by atoms with E-state index in [1.807, 2.05) is 0 Å². The third kappa shape index (κ3) is 2.16. The van der Waals surface area contributed by atoms with Crippen LogP contribution in [0.1, 0.15) is 0 Å². The summed E-state index contributed by atoms with van der Waals surface area (Å²) in [5.41, 5.74) is 0.978. The van der Waals surface area contributed by atoms with Crippen LogP contribution in [-0.4, -0.2) is 20.5 Å². The maximum atomic E-state index is 13.4. The second-order valence-corrected chi connectivity index (χ2v) is 4.38. The number of ether oxygens (including phenoxy) is 1. The van der Waals surface area contributed by atoms with Crippen LogP contribution in [0.15, 0.2) is 35.4 Å². The standard InChI is InChI=1S/C11H10FNO3S/c1-16-11-8(3-2-4-9(11)12)10-5-7(6-13-10)17(14)15/h2-6,13,17H,1H3. The lowest BCUT2D eigenvalue weighted by atomic mass is 10.1. The van der Waals surface area contributed by atoms with Crippen LogP contribution in [0.2, 0.25) is 0 Å². The van der Waals surface area contributed by atoms with Crippen LogP contribution in [0.3, 0.4) is 0 Å². The number of nitrogens with one attached hydrogen (secondary N) is 1. The Hall–Kier alpha value is -1.82. The monoisotopic (exact) mass is 255 g/mol. The molecule has 0 unspecified atom stereocenters. The van der Waals surface area contributed by atoms with Gasteiger partial charge in [-0.15, -0.1) is 0 Å². The molecule has 1 aromatic heterocycles. The molecule has 2 aromatic rings. The molecule has 0 fully saturated rings. The van der Waals surface area contributed by atoms with Gasteiger partial charge in [-0.25, -0.2) is 12.8 Å². The maximum absolute atomic E-state index is 13.4. The minimum absolute atomic E-state index is 0.0852. The number of H-pyrrole nitrogens is 1. The first-order chi connectivity index (χ1) is 8.13. The molecule has 0 aliphatic carbocycles. The number of aromatic amines is 1. The van der Waals surface area contributed by atoms with E-state index in [2.05, 4.69) is 4.98 Å². The summed E-state index contributed by atoms with van der Waals surface area (Å²) in [4.78, 5) is 2.93. The number of benzene rings is 1. The van der Waals surface area contributed by atoms with Crippen LogP contribution >= 0.6 is 0 Å². The summed E-state index contributed by atoms with van der Waals surface area (Å²) in [6.45, 7) is 0. The minimum atomic E-state index is -2.65. The van der Waals surface area contributed by atoms with Crippen molar-refractivity contribution in [1.82, 2.24) is 4.98 Å². The van der Waals surface area contributed by atoms with E-state index in [1.54, 1.807) is 6.07 Å². The number of methoxy groups -OCH3 is 1. The Morgan fingerprint density at radius 2 is 2.12 bits per heavy atom. The highest BCUT2D eigenvalue weighted by molar-refractivity contribution is 7.72. The van der Waals surface area contributed by atoms with Gasteiger partial charge >= 0.3 is 0 Å². The largest absolute Gasteiger partial charge is 0.493 e. The molecule has 1 N–H and O–H groups in total. The van der Waals surface area contributed by atoms with Gasteiger partial charge in [-0.05, 0) is 18.2 Å². The van der Waals surface area contributed by atoms with Gasteiger partial charge in [-0.2, -0.15) is 0 Å². The van der Waals surface area contributed by atoms with E-state index >= 15 is 0 Å².